The van der Waals surface area contributed by atoms with Crippen molar-refractivity contribution in [2.24, 2.45) is 5.92 Å². The Hall–Kier alpha value is -2.57. The maximum atomic E-state index is 13.3. The van der Waals surface area contributed by atoms with Gasteiger partial charge in [0, 0.05) is 56.6 Å². The standard InChI is InChI=1S/C26H32ClN5O/c1-18(2)30-12-14-31(15-13-30)26(33)19-6-5-11-32(17-19)20-9-10-22(27)21(16-20)25-28-23-7-3-4-8-24(23)29-25/h3-4,7-10,16,18-19H,5-6,11-15,17H2,1-2H3,(H,28,29)/t19-/m1/s1. The van der Waals surface area contributed by atoms with Crippen LogP contribution in [0.25, 0.3) is 22.4 Å². The van der Waals surface area contributed by atoms with Crippen LogP contribution in [0.1, 0.15) is 26.7 Å². The van der Waals surface area contributed by atoms with E-state index in [-0.39, 0.29) is 5.92 Å². The number of carbonyl (C=O) groups excluding carboxylic acids is 1. The molecule has 1 atom stereocenters. The fraction of sp³-hybridized carbons (Fsp3) is 0.462. The van der Waals surface area contributed by atoms with Crippen molar-refractivity contribution in [1.82, 2.24) is 19.8 Å². The number of hydrogen-bond acceptors (Lipinski definition) is 4. The number of piperazine rings is 1. The summed E-state index contributed by atoms with van der Waals surface area (Å²) < 4.78 is 0. The number of fused-ring (bicyclic) bond motifs is 1. The molecule has 6 nitrogen and oxygen atoms in total. The number of para-hydroxylation sites is 2. The van der Waals surface area contributed by atoms with Crippen LogP contribution in [0.5, 0.6) is 0 Å². The molecule has 0 bridgehead atoms. The van der Waals surface area contributed by atoms with Gasteiger partial charge < -0.3 is 14.8 Å². The summed E-state index contributed by atoms with van der Waals surface area (Å²) in [5, 5.41) is 0.672. The van der Waals surface area contributed by atoms with Crippen LogP contribution in [-0.2, 0) is 4.79 Å². The Kier molecular flexibility index (Phi) is 6.30. The molecule has 3 heterocycles. The number of amides is 1. The second-order valence-corrected chi connectivity index (χ2v) is 9.91. The Labute approximate surface area is 200 Å². The van der Waals surface area contributed by atoms with E-state index in [1.165, 1.54) is 0 Å². The zero-order valence-electron chi connectivity index (χ0n) is 19.4. The molecular weight excluding hydrogens is 434 g/mol. The maximum absolute atomic E-state index is 13.3. The highest BCUT2D eigenvalue weighted by atomic mass is 35.5. The third kappa shape index (κ3) is 4.59. The highest BCUT2D eigenvalue weighted by Crippen LogP contribution is 2.33. The molecule has 3 aromatic rings. The van der Waals surface area contributed by atoms with E-state index in [9.17, 15) is 4.79 Å². The summed E-state index contributed by atoms with van der Waals surface area (Å²) in [6.07, 6.45) is 1.98. The average Bonchev–Trinajstić information content (AvgIpc) is 3.28. The summed E-state index contributed by atoms with van der Waals surface area (Å²) in [7, 11) is 0. The highest BCUT2D eigenvalue weighted by Gasteiger charge is 2.31. The number of anilines is 1. The molecule has 0 radical (unpaired) electrons. The van der Waals surface area contributed by atoms with E-state index in [2.05, 4.69) is 45.7 Å². The first-order valence-corrected chi connectivity index (χ1v) is 12.4. The van der Waals surface area contributed by atoms with Gasteiger partial charge >= 0.3 is 0 Å². The number of halogens is 1. The van der Waals surface area contributed by atoms with Crippen molar-refractivity contribution in [3.05, 3.63) is 47.5 Å². The minimum atomic E-state index is 0.0506. The van der Waals surface area contributed by atoms with E-state index in [1.54, 1.807) is 0 Å². The molecule has 5 rings (SSSR count). The average molecular weight is 466 g/mol. The quantitative estimate of drug-likeness (QED) is 0.609. The smallest absolute Gasteiger partial charge is 0.227 e. The van der Waals surface area contributed by atoms with Gasteiger partial charge in [-0.3, -0.25) is 9.69 Å². The van der Waals surface area contributed by atoms with Crippen LogP contribution in [0.3, 0.4) is 0 Å². The Morgan fingerprint density at radius 1 is 1.09 bits per heavy atom. The van der Waals surface area contributed by atoms with E-state index >= 15 is 0 Å². The number of carbonyl (C=O) groups is 1. The lowest BCUT2D eigenvalue weighted by Crippen LogP contribution is -2.53. The van der Waals surface area contributed by atoms with Crippen molar-refractivity contribution < 1.29 is 4.79 Å². The molecule has 174 valence electrons. The van der Waals surface area contributed by atoms with Gasteiger partial charge in [0.2, 0.25) is 5.91 Å². The van der Waals surface area contributed by atoms with Crippen molar-refractivity contribution in [3.8, 4) is 11.4 Å². The zero-order chi connectivity index (χ0) is 22.9. The first kappa shape index (κ1) is 22.2. The molecule has 2 aliphatic rings. The Morgan fingerprint density at radius 2 is 1.88 bits per heavy atom. The van der Waals surface area contributed by atoms with E-state index in [4.69, 9.17) is 16.6 Å². The number of hydrogen-bond donors (Lipinski definition) is 1. The molecule has 0 unspecified atom stereocenters. The monoisotopic (exact) mass is 465 g/mol. The zero-order valence-corrected chi connectivity index (χ0v) is 20.2. The highest BCUT2D eigenvalue weighted by molar-refractivity contribution is 6.33. The second kappa shape index (κ2) is 9.35. The van der Waals surface area contributed by atoms with Crippen LogP contribution in [0.4, 0.5) is 5.69 Å². The number of rotatable bonds is 4. The largest absolute Gasteiger partial charge is 0.371 e. The van der Waals surface area contributed by atoms with Gasteiger partial charge in [-0.25, -0.2) is 4.98 Å². The van der Waals surface area contributed by atoms with Gasteiger partial charge in [-0.05, 0) is 57.0 Å². The predicted octanol–water partition coefficient (Wildman–Crippen LogP) is 4.65. The van der Waals surface area contributed by atoms with E-state index < -0.39 is 0 Å². The number of nitrogens with zero attached hydrogens (tertiary/aromatic N) is 4. The summed E-state index contributed by atoms with van der Waals surface area (Å²) >= 11 is 6.57. The van der Waals surface area contributed by atoms with Crippen LogP contribution < -0.4 is 4.90 Å². The number of imidazole rings is 1. The normalized spacial score (nSPS) is 20.1. The fourth-order valence-electron chi connectivity index (χ4n) is 5.10. The first-order chi connectivity index (χ1) is 16.0. The molecule has 2 fully saturated rings. The van der Waals surface area contributed by atoms with Crippen molar-refractivity contribution in [2.45, 2.75) is 32.7 Å². The van der Waals surface area contributed by atoms with Crippen molar-refractivity contribution >= 4 is 34.2 Å². The van der Waals surface area contributed by atoms with Gasteiger partial charge in [0.15, 0.2) is 0 Å². The third-order valence-corrected chi connectivity index (χ3v) is 7.42. The summed E-state index contributed by atoms with van der Waals surface area (Å²) in [6, 6.07) is 14.6. The van der Waals surface area contributed by atoms with Gasteiger partial charge in [0.25, 0.3) is 0 Å². The van der Waals surface area contributed by atoms with Crippen molar-refractivity contribution in [2.75, 3.05) is 44.2 Å². The number of piperidine rings is 1. The number of nitrogens with one attached hydrogen (secondary N) is 1. The predicted molar refractivity (Wildman–Crippen MR) is 135 cm³/mol. The number of benzene rings is 2. The summed E-state index contributed by atoms with van der Waals surface area (Å²) in [5.41, 5.74) is 3.91. The number of aromatic amines is 1. The van der Waals surface area contributed by atoms with Gasteiger partial charge in [-0.15, -0.1) is 0 Å². The summed E-state index contributed by atoms with van der Waals surface area (Å²) in [5.74, 6) is 1.14. The van der Waals surface area contributed by atoms with Gasteiger partial charge in [-0.2, -0.15) is 0 Å². The van der Waals surface area contributed by atoms with Crippen LogP contribution in [-0.4, -0.2) is 71.0 Å². The lowest BCUT2D eigenvalue weighted by molar-refractivity contribution is -0.137. The molecule has 1 N–H and O–H groups in total. The van der Waals surface area contributed by atoms with Gasteiger partial charge in [0.05, 0.1) is 22.0 Å². The Balaban J connectivity index is 1.31. The Bertz CT molecular complexity index is 1100. The lowest BCUT2D eigenvalue weighted by atomic mass is 9.95. The number of H-pyrrole nitrogens is 1. The van der Waals surface area contributed by atoms with Gasteiger partial charge in [0.1, 0.15) is 5.82 Å². The fourth-order valence-corrected chi connectivity index (χ4v) is 5.31. The SMILES string of the molecule is CC(C)N1CCN(C(=O)[C@@H]2CCCN(c3ccc(Cl)c(-c4nc5ccccc5[nH]4)c3)C2)CC1. The van der Waals surface area contributed by atoms with Crippen LogP contribution >= 0.6 is 11.6 Å². The molecule has 33 heavy (non-hydrogen) atoms. The second-order valence-electron chi connectivity index (χ2n) is 9.51. The third-order valence-electron chi connectivity index (χ3n) is 7.09. The molecule has 2 saturated heterocycles. The van der Waals surface area contributed by atoms with Gasteiger partial charge in [-0.1, -0.05) is 23.7 Å². The molecule has 1 amide bonds. The van der Waals surface area contributed by atoms with Crippen molar-refractivity contribution in [1.29, 1.82) is 0 Å². The van der Waals surface area contributed by atoms with E-state index in [0.29, 0.717) is 17.0 Å². The molecule has 2 aliphatic heterocycles. The minimum absolute atomic E-state index is 0.0506. The molecule has 0 aliphatic carbocycles. The molecule has 7 heteroatoms. The summed E-state index contributed by atoms with van der Waals surface area (Å²) in [4.78, 5) is 28.3. The number of aromatic nitrogens is 2. The minimum Gasteiger partial charge on any atom is -0.371 e. The first-order valence-electron chi connectivity index (χ1n) is 12.0. The topological polar surface area (TPSA) is 55.5 Å². The van der Waals surface area contributed by atoms with Crippen molar-refractivity contribution in [3.63, 3.8) is 0 Å². The molecular formula is C26H32ClN5O. The Morgan fingerprint density at radius 3 is 2.64 bits per heavy atom. The molecule has 1 aromatic heterocycles. The van der Waals surface area contributed by atoms with E-state index in [0.717, 1.165) is 80.2 Å². The molecule has 0 spiro atoms. The van der Waals surface area contributed by atoms with E-state index in [1.807, 2.05) is 30.3 Å². The van der Waals surface area contributed by atoms with Crippen LogP contribution in [0.15, 0.2) is 42.5 Å². The lowest BCUT2D eigenvalue weighted by Gasteiger charge is -2.40. The van der Waals surface area contributed by atoms with Crippen LogP contribution in [0.2, 0.25) is 5.02 Å². The maximum Gasteiger partial charge on any atom is 0.227 e. The summed E-state index contributed by atoms with van der Waals surface area (Å²) in [6.45, 7) is 9.77. The van der Waals surface area contributed by atoms with Crippen LogP contribution in [0, 0.1) is 5.92 Å². The molecule has 2 aromatic carbocycles. The molecule has 0 saturated carbocycles.